The fraction of sp³-hybridized carbons (Fsp3) is 0.0741. The van der Waals surface area contributed by atoms with Crippen molar-refractivity contribution in [2.75, 3.05) is 0 Å². The maximum atomic E-state index is 13.4. The highest BCUT2D eigenvalue weighted by Crippen LogP contribution is 2.52. The summed E-state index contributed by atoms with van der Waals surface area (Å²) in [5, 5.41) is 10.2. The molecule has 1 heterocycles. The second kappa shape index (κ2) is 8.17. The summed E-state index contributed by atoms with van der Waals surface area (Å²) in [6.45, 7) is -2.24. The molecule has 0 unspecified atom stereocenters. The Balaban J connectivity index is 1.73. The molecule has 0 aromatic heterocycles. The molecule has 0 saturated carbocycles. The third-order valence-corrected chi connectivity index (χ3v) is 9.87. The molecule has 1 aliphatic rings. The molecule has 0 saturated heterocycles. The van der Waals surface area contributed by atoms with Crippen LogP contribution >= 0.6 is 6.89 Å². The summed E-state index contributed by atoms with van der Waals surface area (Å²) in [7, 11) is 0. The summed E-state index contributed by atoms with van der Waals surface area (Å²) in [6.07, 6.45) is -4.53. The molecular weight excluding hydrogens is 440 g/mol. The Labute approximate surface area is 190 Å². The van der Waals surface area contributed by atoms with E-state index in [0.717, 1.165) is 5.56 Å². The van der Waals surface area contributed by atoms with Crippen molar-refractivity contribution in [2.45, 2.75) is 11.8 Å². The highest BCUT2D eigenvalue weighted by atomic mass is 31.2. The summed E-state index contributed by atoms with van der Waals surface area (Å²) < 4.78 is 40.3. The van der Waals surface area contributed by atoms with Gasteiger partial charge in [-0.05, 0) is 34.2 Å². The minimum atomic E-state index is -4.53. The summed E-state index contributed by atoms with van der Waals surface area (Å²) in [4.78, 5) is 0. The maximum absolute atomic E-state index is 13.4. The lowest BCUT2D eigenvalue weighted by atomic mass is 10.0. The Morgan fingerprint density at radius 3 is 1.30 bits per heavy atom. The largest absolute Gasteiger partial charge is 0.442 e. The van der Waals surface area contributed by atoms with Gasteiger partial charge >= 0.3 is 11.8 Å². The van der Waals surface area contributed by atoms with Crippen molar-refractivity contribution < 1.29 is 13.2 Å². The molecule has 0 N–H and O–H groups in total. The minimum absolute atomic E-state index is 0.0372. The summed E-state index contributed by atoms with van der Waals surface area (Å²) in [6, 6.07) is 37.3. The van der Waals surface area contributed by atoms with E-state index in [1.165, 1.54) is 28.0 Å². The van der Waals surface area contributed by atoms with Crippen LogP contribution in [-0.2, 0) is 5.66 Å². The van der Waals surface area contributed by atoms with E-state index in [1.54, 1.807) is 12.1 Å². The van der Waals surface area contributed by atoms with Gasteiger partial charge in [-0.25, -0.2) is 0 Å². The van der Waals surface area contributed by atoms with E-state index in [1.807, 2.05) is 54.6 Å². The zero-order valence-electron chi connectivity index (χ0n) is 17.5. The molecule has 4 aromatic rings. The average molecular weight is 460 g/mol. The fourth-order valence-electron chi connectivity index (χ4n) is 4.13. The van der Waals surface area contributed by atoms with Gasteiger partial charge in [0.15, 0.2) is 0 Å². The molecule has 4 aromatic carbocycles. The highest BCUT2D eigenvalue weighted by Gasteiger charge is 2.65. The molecule has 164 valence electrons. The Kier molecular flexibility index (Phi) is 5.30. The standard InChI is InChI=1S/C27H20F3N2P/c28-27(29,30)26(31-32-26)22-18-16-21(17-19-22)20-33(23-10-4-1-5-11-23,24-12-6-2-7-13-24)25-14-8-3-9-15-25/h1-20H. The highest BCUT2D eigenvalue weighted by molar-refractivity contribution is 7.94. The average Bonchev–Trinajstić information content (AvgIpc) is 3.67. The van der Waals surface area contributed by atoms with Crippen LogP contribution in [0.25, 0.3) is 0 Å². The van der Waals surface area contributed by atoms with Crippen LogP contribution in [-0.4, -0.2) is 12.0 Å². The van der Waals surface area contributed by atoms with Crippen LogP contribution in [0.3, 0.4) is 0 Å². The number of nitrogens with zero attached hydrogens (tertiary/aromatic N) is 2. The lowest BCUT2D eigenvalue weighted by molar-refractivity contribution is -0.166. The van der Waals surface area contributed by atoms with Gasteiger partial charge in [-0.15, -0.1) is 10.2 Å². The van der Waals surface area contributed by atoms with E-state index in [9.17, 15) is 13.2 Å². The fourth-order valence-corrected chi connectivity index (χ4v) is 8.02. The second-order valence-corrected chi connectivity index (χ2v) is 11.1. The molecule has 5 rings (SSSR count). The van der Waals surface area contributed by atoms with E-state index in [-0.39, 0.29) is 5.56 Å². The van der Waals surface area contributed by atoms with Crippen LogP contribution in [0.2, 0.25) is 0 Å². The van der Waals surface area contributed by atoms with E-state index in [0.29, 0.717) is 0 Å². The monoisotopic (exact) mass is 460 g/mol. The Hall–Kier alpha value is -3.43. The molecule has 1 aliphatic heterocycles. The molecule has 0 fully saturated rings. The van der Waals surface area contributed by atoms with Gasteiger partial charge in [0, 0.05) is 5.56 Å². The van der Waals surface area contributed by atoms with Crippen LogP contribution < -0.4 is 15.9 Å². The van der Waals surface area contributed by atoms with Crippen LogP contribution in [0.1, 0.15) is 11.1 Å². The molecule has 0 radical (unpaired) electrons. The van der Waals surface area contributed by atoms with Crippen molar-refractivity contribution in [3.63, 3.8) is 0 Å². The molecule has 0 aliphatic carbocycles. The Morgan fingerprint density at radius 1 is 0.576 bits per heavy atom. The van der Waals surface area contributed by atoms with Gasteiger partial charge in [0.05, 0.1) is 0 Å². The first-order valence-electron chi connectivity index (χ1n) is 10.5. The van der Waals surface area contributed by atoms with E-state index >= 15 is 0 Å². The van der Waals surface area contributed by atoms with Gasteiger partial charge in [0.25, 0.3) is 0 Å². The van der Waals surface area contributed by atoms with Crippen molar-refractivity contribution in [2.24, 2.45) is 10.2 Å². The molecule has 0 spiro atoms. The zero-order valence-corrected chi connectivity index (χ0v) is 18.4. The molecule has 0 atom stereocenters. The maximum Gasteiger partial charge on any atom is 0.442 e. The van der Waals surface area contributed by atoms with Gasteiger partial charge < -0.3 is 0 Å². The van der Waals surface area contributed by atoms with E-state index < -0.39 is 18.7 Å². The molecule has 6 heteroatoms. The molecule has 33 heavy (non-hydrogen) atoms. The van der Waals surface area contributed by atoms with Crippen molar-refractivity contribution >= 4 is 28.6 Å². The predicted octanol–water partition coefficient (Wildman–Crippen LogP) is 6.01. The van der Waals surface area contributed by atoms with Crippen molar-refractivity contribution in [1.29, 1.82) is 0 Å². The molecular formula is C27H20F3N2P. The number of benzene rings is 4. The Bertz CT molecular complexity index is 1220. The van der Waals surface area contributed by atoms with Gasteiger partial charge in [0.1, 0.15) is 0 Å². The second-order valence-electron chi connectivity index (χ2n) is 7.85. The van der Waals surface area contributed by atoms with E-state index in [4.69, 9.17) is 0 Å². The van der Waals surface area contributed by atoms with Crippen molar-refractivity contribution in [3.8, 4) is 0 Å². The minimum Gasteiger partial charge on any atom is -0.166 e. The predicted molar refractivity (Wildman–Crippen MR) is 129 cm³/mol. The first-order valence-corrected chi connectivity index (χ1v) is 12.3. The smallest absolute Gasteiger partial charge is 0.166 e. The topological polar surface area (TPSA) is 24.7 Å². The van der Waals surface area contributed by atoms with Crippen LogP contribution in [0.4, 0.5) is 13.2 Å². The van der Waals surface area contributed by atoms with Crippen molar-refractivity contribution in [3.05, 3.63) is 126 Å². The summed E-state index contributed by atoms with van der Waals surface area (Å²) >= 11 is 0. The van der Waals surface area contributed by atoms with Gasteiger partial charge in [0.2, 0.25) is 0 Å². The zero-order chi connectivity index (χ0) is 22.9. The van der Waals surface area contributed by atoms with Gasteiger partial charge in [-0.3, -0.25) is 0 Å². The van der Waals surface area contributed by atoms with Crippen LogP contribution in [0.5, 0.6) is 0 Å². The number of rotatable bonds is 5. The third-order valence-electron chi connectivity index (χ3n) is 5.84. The van der Waals surface area contributed by atoms with Crippen molar-refractivity contribution in [1.82, 2.24) is 0 Å². The first kappa shape index (κ1) is 21.4. The first-order chi connectivity index (χ1) is 16.0. The SMILES string of the molecule is FC(F)(F)C1(c2ccc(C=P(c3ccccc3)(c3ccccc3)c3ccccc3)cc2)N=N1. The Morgan fingerprint density at radius 2 is 0.970 bits per heavy atom. The molecule has 0 amide bonds. The van der Waals surface area contributed by atoms with Gasteiger partial charge in [-0.1, -0.05) is 115 Å². The van der Waals surface area contributed by atoms with Gasteiger partial charge in [-0.2, -0.15) is 13.2 Å². The summed E-state index contributed by atoms with van der Waals surface area (Å²) in [5.74, 6) is 2.22. The normalized spacial score (nSPS) is 14.6. The molecule has 0 bridgehead atoms. The number of hydrogen-bond donors (Lipinski definition) is 0. The quantitative estimate of drug-likeness (QED) is 0.326. The number of hydrogen-bond acceptors (Lipinski definition) is 2. The number of halogens is 3. The third kappa shape index (κ3) is 3.73. The number of alkyl halides is 3. The van der Waals surface area contributed by atoms with E-state index in [2.05, 4.69) is 52.4 Å². The summed E-state index contributed by atoms with van der Waals surface area (Å²) in [5.41, 5.74) is -1.52. The lowest BCUT2D eigenvalue weighted by Gasteiger charge is -2.29. The molecule has 2 nitrogen and oxygen atoms in total. The van der Waals surface area contributed by atoms with Crippen LogP contribution in [0.15, 0.2) is 125 Å². The van der Waals surface area contributed by atoms with Crippen LogP contribution in [0, 0.1) is 0 Å². The lowest BCUT2D eigenvalue weighted by Crippen LogP contribution is -2.30.